The van der Waals surface area contributed by atoms with E-state index in [0.29, 0.717) is 21.5 Å². The van der Waals surface area contributed by atoms with Gasteiger partial charge in [-0.15, -0.1) is 0 Å². The van der Waals surface area contributed by atoms with E-state index in [2.05, 4.69) is 20.1 Å². The van der Waals surface area contributed by atoms with E-state index in [1.54, 1.807) is 11.6 Å². The van der Waals surface area contributed by atoms with Gasteiger partial charge in [-0.3, -0.25) is 4.68 Å². The number of rotatable bonds is 3. The second kappa shape index (κ2) is 4.77. The minimum absolute atomic E-state index is 0.366. The van der Waals surface area contributed by atoms with E-state index in [4.69, 9.17) is 0 Å². The molecule has 96 valence electrons. The zero-order valence-corrected chi connectivity index (χ0v) is 11.5. The highest BCUT2D eigenvalue weighted by Gasteiger charge is 2.16. The maximum atomic E-state index is 11.5. The lowest BCUT2D eigenvalue weighted by molar-refractivity contribution is 0.0605. The summed E-state index contributed by atoms with van der Waals surface area (Å²) in [7, 11) is 3.23. The average molecular weight is 266 g/mol. The van der Waals surface area contributed by atoms with E-state index in [1.807, 2.05) is 20.0 Å². The third-order valence-electron chi connectivity index (χ3n) is 2.52. The monoisotopic (exact) mass is 266 g/mol. The average Bonchev–Trinajstić information content (AvgIpc) is 2.82. The fraction of sp³-hybridized carbons (Fsp3) is 0.364. The first-order chi connectivity index (χ1) is 8.51. The van der Waals surface area contributed by atoms with E-state index in [-0.39, 0.29) is 5.97 Å². The summed E-state index contributed by atoms with van der Waals surface area (Å²) in [6, 6.07) is 1.91. The number of ether oxygens (including phenoxy) is 1. The summed E-state index contributed by atoms with van der Waals surface area (Å²) in [4.78, 5) is 16.2. The Kier molecular flexibility index (Phi) is 3.33. The van der Waals surface area contributed by atoms with E-state index in [1.165, 1.54) is 18.4 Å². The van der Waals surface area contributed by atoms with Gasteiger partial charge in [-0.05, 0) is 13.8 Å². The molecule has 0 aromatic carbocycles. The summed E-state index contributed by atoms with van der Waals surface area (Å²) in [5.41, 5.74) is 1.70. The van der Waals surface area contributed by atoms with Crippen LogP contribution in [0.2, 0.25) is 0 Å². The van der Waals surface area contributed by atoms with Gasteiger partial charge in [-0.1, -0.05) is 11.3 Å². The van der Waals surface area contributed by atoms with E-state index < -0.39 is 0 Å². The summed E-state index contributed by atoms with van der Waals surface area (Å²) < 4.78 is 6.46. The van der Waals surface area contributed by atoms with Crippen LogP contribution >= 0.6 is 11.3 Å². The van der Waals surface area contributed by atoms with Crippen molar-refractivity contribution in [2.24, 2.45) is 7.05 Å². The molecule has 2 rings (SSSR count). The zero-order valence-electron chi connectivity index (χ0n) is 10.6. The van der Waals surface area contributed by atoms with Crippen molar-refractivity contribution in [3.8, 4) is 0 Å². The molecule has 0 spiro atoms. The topological polar surface area (TPSA) is 69.0 Å². The van der Waals surface area contributed by atoms with Crippen molar-refractivity contribution in [2.75, 3.05) is 12.4 Å². The molecule has 0 fully saturated rings. The fourth-order valence-electron chi connectivity index (χ4n) is 1.46. The molecule has 18 heavy (non-hydrogen) atoms. The number of hydrogen-bond donors (Lipinski definition) is 1. The Morgan fingerprint density at radius 3 is 2.78 bits per heavy atom. The SMILES string of the molecule is COC(=O)c1sc(Nc2cc(C)n(C)n2)nc1C. The molecule has 0 aliphatic carbocycles. The summed E-state index contributed by atoms with van der Waals surface area (Å²) in [5.74, 6) is 0.343. The van der Waals surface area contributed by atoms with Gasteiger partial charge in [0.1, 0.15) is 4.88 Å². The zero-order chi connectivity index (χ0) is 13.3. The van der Waals surface area contributed by atoms with E-state index in [0.717, 1.165) is 5.69 Å². The minimum atomic E-state index is -0.366. The van der Waals surface area contributed by atoms with Gasteiger partial charge in [0.25, 0.3) is 0 Å². The van der Waals surface area contributed by atoms with E-state index in [9.17, 15) is 4.79 Å². The Morgan fingerprint density at radius 1 is 1.50 bits per heavy atom. The second-order valence-electron chi connectivity index (χ2n) is 3.84. The van der Waals surface area contributed by atoms with Crippen molar-refractivity contribution in [2.45, 2.75) is 13.8 Å². The van der Waals surface area contributed by atoms with Gasteiger partial charge < -0.3 is 10.1 Å². The van der Waals surface area contributed by atoms with Gasteiger partial charge in [-0.2, -0.15) is 5.10 Å². The van der Waals surface area contributed by atoms with Crippen molar-refractivity contribution in [1.82, 2.24) is 14.8 Å². The number of nitrogens with one attached hydrogen (secondary N) is 1. The Labute approximate surface area is 109 Å². The van der Waals surface area contributed by atoms with Crippen LogP contribution < -0.4 is 5.32 Å². The highest BCUT2D eigenvalue weighted by atomic mass is 32.1. The van der Waals surface area contributed by atoms with Crippen molar-refractivity contribution in [3.63, 3.8) is 0 Å². The lowest BCUT2D eigenvalue weighted by Gasteiger charge is -1.95. The Balaban J connectivity index is 2.22. The molecular weight excluding hydrogens is 252 g/mol. The van der Waals surface area contributed by atoms with Gasteiger partial charge in [0.05, 0.1) is 12.8 Å². The molecule has 1 N–H and O–H groups in total. The number of carbonyl (C=O) groups is 1. The summed E-state index contributed by atoms with van der Waals surface area (Å²) in [5, 5.41) is 7.97. The van der Waals surface area contributed by atoms with Crippen LogP contribution in [-0.2, 0) is 11.8 Å². The molecule has 0 saturated heterocycles. The number of carbonyl (C=O) groups excluding carboxylic acids is 1. The number of methoxy groups -OCH3 is 1. The van der Waals surface area contributed by atoms with Crippen LogP contribution in [0.25, 0.3) is 0 Å². The maximum absolute atomic E-state index is 11.5. The molecule has 6 nitrogen and oxygen atoms in total. The molecule has 0 saturated carbocycles. The van der Waals surface area contributed by atoms with Crippen LogP contribution in [0.4, 0.5) is 10.9 Å². The first-order valence-corrected chi connectivity index (χ1v) is 6.16. The number of hydrogen-bond acceptors (Lipinski definition) is 6. The molecule has 0 bridgehead atoms. The third kappa shape index (κ3) is 2.35. The van der Waals surface area contributed by atoms with Crippen molar-refractivity contribution in [3.05, 3.63) is 22.3 Å². The first-order valence-electron chi connectivity index (χ1n) is 5.34. The van der Waals surface area contributed by atoms with Gasteiger partial charge in [-0.25, -0.2) is 9.78 Å². The van der Waals surface area contributed by atoms with Crippen LogP contribution in [0.15, 0.2) is 6.07 Å². The van der Waals surface area contributed by atoms with Crippen LogP contribution in [-0.4, -0.2) is 27.8 Å². The number of aryl methyl sites for hydroxylation is 3. The number of thiazole rings is 1. The Morgan fingerprint density at radius 2 is 2.22 bits per heavy atom. The van der Waals surface area contributed by atoms with E-state index >= 15 is 0 Å². The molecular formula is C11H14N4O2S. The molecule has 0 aliphatic rings. The van der Waals surface area contributed by atoms with Crippen LogP contribution in [0, 0.1) is 13.8 Å². The summed E-state index contributed by atoms with van der Waals surface area (Å²) in [6.45, 7) is 3.74. The standard InChI is InChI=1S/C11H14N4O2S/c1-6-5-8(14-15(6)3)13-11-12-7(2)9(18-11)10(16)17-4/h5H,1-4H3,(H,12,13,14). The summed E-state index contributed by atoms with van der Waals surface area (Å²) in [6.07, 6.45) is 0. The molecule has 2 aromatic rings. The summed E-state index contributed by atoms with van der Waals surface area (Å²) >= 11 is 1.26. The lowest BCUT2D eigenvalue weighted by Crippen LogP contribution is -1.99. The second-order valence-corrected chi connectivity index (χ2v) is 4.84. The quantitative estimate of drug-likeness (QED) is 0.861. The molecule has 7 heteroatoms. The number of esters is 1. The molecule has 0 aliphatic heterocycles. The third-order valence-corrected chi connectivity index (χ3v) is 3.57. The molecule has 0 amide bonds. The highest BCUT2D eigenvalue weighted by molar-refractivity contribution is 7.17. The molecule has 0 unspecified atom stereocenters. The number of aromatic nitrogens is 3. The van der Waals surface area contributed by atoms with Crippen LogP contribution in [0.1, 0.15) is 21.1 Å². The van der Waals surface area contributed by atoms with Gasteiger partial charge in [0, 0.05) is 18.8 Å². The van der Waals surface area contributed by atoms with Gasteiger partial charge >= 0.3 is 5.97 Å². The predicted octanol–water partition coefficient (Wildman–Crippen LogP) is 2.02. The Hall–Kier alpha value is -1.89. The molecule has 0 atom stereocenters. The van der Waals surface area contributed by atoms with Crippen molar-refractivity contribution < 1.29 is 9.53 Å². The Bertz CT molecular complexity index is 568. The first kappa shape index (κ1) is 12.6. The fourth-order valence-corrected chi connectivity index (χ4v) is 2.35. The van der Waals surface area contributed by atoms with Gasteiger partial charge in [0.2, 0.25) is 0 Å². The maximum Gasteiger partial charge on any atom is 0.350 e. The van der Waals surface area contributed by atoms with Crippen LogP contribution in [0.3, 0.4) is 0 Å². The normalized spacial score (nSPS) is 10.4. The highest BCUT2D eigenvalue weighted by Crippen LogP contribution is 2.25. The number of anilines is 2. The molecule has 0 radical (unpaired) electrons. The van der Waals surface area contributed by atoms with Crippen LogP contribution in [0.5, 0.6) is 0 Å². The van der Waals surface area contributed by atoms with Crippen molar-refractivity contribution in [1.29, 1.82) is 0 Å². The molecule has 2 heterocycles. The predicted molar refractivity (Wildman–Crippen MR) is 69.4 cm³/mol. The van der Waals surface area contributed by atoms with Gasteiger partial charge in [0.15, 0.2) is 10.9 Å². The molecule has 2 aromatic heterocycles. The van der Waals surface area contributed by atoms with Crippen molar-refractivity contribution >= 4 is 28.3 Å². The lowest BCUT2D eigenvalue weighted by atomic mass is 10.4. The minimum Gasteiger partial charge on any atom is -0.465 e. The largest absolute Gasteiger partial charge is 0.465 e. The smallest absolute Gasteiger partial charge is 0.350 e. The number of nitrogens with zero attached hydrogens (tertiary/aromatic N) is 3.